The monoisotopic (exact) mass is 242 g/mol. The first-order valence-electron chi connectivity index (χ1n) is 5.59. The molecular weight excluding hydrogens is 228 g/mol. The molecular formula is C14H14N2O2. The molecule has 0 unspecified atom stereocenters. The van der Waals surface area contributed by atoms with Crippen molar-refractivity contribution in [2.75, 3.05) is 0 Å². The number of ether oxygens (including phenoxy) is 1. The molecule has 0 saturated heterocycles. The topological polar surface area (TPSA) is 44.1 Å². The third kappa shape index (κ3) is 2.35. The molecule has 0 aliphatic carbocycles. The highest BCUT2D eigenvalue weighted by atomic mass is 16.6. The summed E-state index contributed by atoms with van der Waals surface area (Å²) >= 11 is 0. The summed E-state index contributed by atoms with van der Waals surface area (Å²) < 4.78 is 6.66. The summed E-state index contributed by atoms with van der Waals surface area (Å²) in [5, 5.41) is 0.847. The van der Waals surface area contributed by atoms with Crippen LogP contribution >= 0.6 is 0 Å². The zero-order valence-corrected chi connectivity index (χ0v) is 10.6. The van der Waals surface area contributed by atoms with Crippen LogP contribution in [0.2, 0.25) is 0 Å². The van der Waals surface area contributed by atoms with E-state index in [1.54, 1.807) is 18.3 Å². The molecule has 18 heavy (non-hydrogen) atoms. The molecule has 0 amide bonds. The van der Waals surface area contributed by atoms with E-state index in [1.165, 1.54) is 4.57 Å². The fourth-order valence-electron chi connectivity index (χ4n) is 1.55. The van der Waals surface area contributed by atoms with Gasteiger partial charge in [-0.05, 0) is 39.0 Å². The molecule has 4 heteroatoms. The molecule has 2 heterocycles. The van der Waals surface area contributed by atoms with E-state index in [0.29, 0.717) is 11.3 Å². The van der Waals surface area contributed by atoms with E-state index in [4.69, 9.17) is 11.2 Å². The van der Waals surface area contributed by atoms with Gasteiger partial charge in [-0.3, -0.25) is 0 Å². The Morgan fingerprint density at radius 3 is 2.72 bits per heavy atom. The number of hydrogen-bond donors (Lipinski definition) is 0. The summed E-state index contributed by atoms with van der Waals surface area (Å²) in [5.41, 5.74) is 0.461. The number of carbonyl (C=O) groups is 1. The summed E-state index contributed by atoms with van der Waals surface area (Å²) in [6.45, 7) is 5.45. The molecule has 2 aromatic heterocycles. The number of fused-ring (bicyclic) bond motifs is 1. The Kier molecular flexibility index (Phi) is 2.84. The first kappa shape index (κ1) is 12.2. The zero-order valence-electron chi connectivity index (χ0n) is 10.6. The molecule has 0 aliphatic rings. The van der Waals surface area contributed by atoms with Gasteiger partial charge in [0, 0.05) is 11.6 Å². The van der Waals surface area contributed by atoms with Crippen molar-refractivity contribution in [1.82, 2.24) is 9.55 Å². The van der Waals surface area contributed by atoms with Crippen LogP contribution in [0.4, 0.5) is 4.79 Å². The normalized spacial score (nSPS) is 11.2. The van der Waals surface area contributed by atoms with Crippen molar-refractivity contribution in [2.45, 2.75) is 26.4 Å². The lowest BCUT2D eigenvalue weighted by atomic mass is 10.2. The quantitative estimate of drug-likeness (QED) is 0.667. The van der Waals surface area contributed by atoms with Crippen molar-refractivity contribution in [1.29, 1.82) is 0 Å². The van der Waals surface area contributed by atoms with Gasteiger partial charge < -0.3 is 4.74 Å². The number of carbonyl (C=O) groups excluding carboxylic acids is 1. The van der Waals surface area contributed by atoms with Gasteiger partial charge in [0.25, 0.3) is 0 Å². The SMILES string of the molecule is C#Cc1ccc2ccn(C(=O)OC(C)(C)C)c2n1. The van der Waals surface area contributed by atoms with Gasteiger partial charge in [-0.1, -0.05) is 5.92 Å². The van der Waals surface area contributed by atoms with Gasteiger partial charge in [-0.15, -0.1) is 6.42 Å². The number of pyridine rings is 1. The Balaban J connectivity index is 2.46. The molecule has 2 aromatic rings. The number of hydrogen-bond acceptors (Lipinski definition) is 3. The highest BCUT2D eigenvalue weighted by Crippen LogP contribution is 2.16. The molecule has 0 fully saturated rings. The second-order valence-electron chi connectivity index (χ2n) is 4.92. The standard InChI is InChI=1S/C14H14N2O2/c1-5-11-7-6-10-8-9-16(12(10)15-11)13(17)18-14(2,3)4/h1,6-9H,2-4H3. The maximum Gasteiger partial charge on any atom is 0.420 e. The average molecular weight is 242 g/mol. The van der Waals surface area contributed by atoms with Gasteiger partial charge >= 0.3 is 6.09 Å². The molecule has 0 spiro atoms. The van der Waals surface area contributed by atoms with Crippen LogP contribution in [0.3, 0.4) is 0 Å². The Morgan fingerprint density at radius 1 is 1.39 bits per heavy atom. The van der Waals surface area contributed by atoms with Gasteiger partial charge in [0.1, 0.15) is 11.3 Å². The third-order valence-corrected chi connectivity index (χ3v) is 2.27. The number of nitrogens with zero attached hydrogens (tertiary/aromatic N) is 2. The van der Waals surface area contributed by atoms with Crippen molar-refractivity contribution in [3.8, 4) is 12.3 Å². The van der Waals surface area contributed by atoms with Crippen molar-refractivity contribution < 1.29 is 9.53 Å². The molecule has 0 saturated carbocycles. The summed E-state index contributed by atoms with van der Waals surface area (Å²) in [7, 11) is 0. The highest BCUT2D eigenvalue weighted by Gasteiger charge is 2.19. The molecule has 92 valence electrons. The maximum atomic E-state index is 12.0. The minimum absolute atomic E-state index is 0.459. The fourth-order valence-corrected chi connectivity index (χ4v) is 1.55. The molecule has 0 N–H and O–H groups in total. The summed E-state index contributed by atoms with van der Waals surface area (Å²) in [4.78, 5) is 16.2. The van der Waals surface area contributed by atoms with E-state index in [2.05, 4.69) is 10.9 Å². The Hall–Kier alpha value is -2.28. The summed E-state index contributed by atoms with van der Waals surface area (Å²) in [6.07, 6.45) is 6.47. The van der Waals surface area contributed by atoms with Crippen LogP contribution in [-0.2, 0) is 4.74 Å². The second-order valence-corrected chi connectivity index (χ2v) is 4.92. The smallest absolute Gasteiger partial charge is 0.420 e. The van der Waals surface area contributed by atoms with Gasteiger partial charge in [0.15, 0.2) is 5.65 Å². The average Bonchev–Trinajstić information content (AvgIpc) is 2.69. The van der Waals surface area contributed by atoms with Crippen molar-refractivity contribution >= 4 is 17.1 Å². The number of terminal acetylenes is 1. The summed E-state index contributed by atoms with van der Waals surface area (Å²) in [5.74, 6) is 2.45. The lowest BCUT2D eigenvalue weighted by molar-refractivity contribution is 0.0543. The third-order valence-electron chi connectivity index (χ3n) is 2.27. The van der Waals surface area contributed by atoms with Crippen LogP contribution in [0.5, 0.6) is 0 Å². The van der Waals surface area contributed by atoms with Gasteiger partial charge in [-0.2, -0.15) is 0 Å². The maximum absolute atomic E-state index is 12.0. The van der Waals surface area contributed by atoms with E-state index in [1.807, 2.05) is 26.8 Å². The lowest BCUT2D eigenvalue weighted by Crippen LogP contribution is -2.26. The molecule has 0 atom stereocenters. The fraction of sp³-hybridized carbons (Fsp3) is 0.286. The van der Waals surface area contributed by atoms with E-state index >= 15 is 0 Å². The van der Waals surface area contributed by atoms with Crippen LogP contribution in [-0.4, -0.2) is 21.2 Å². The lowest BCUT2D eigenvalue weighted by Gasteiger charge is -2.19. The predicted molar refractivity (Wildman–Crippen MR) is 69.3 cm³/mol. The van der Waals surface area contributed by atoms with E-state index in [9.17, 15) is 4.79 Å². The molecule has 0 bridgehead atoms. The van der Waals surface area contributed by atoms with E-state index in [0.717, 1.165) is 5.39 Å². The minimum atomic E-state index is -0.544. The van der Waals surface area contributed by atoms with Crippen LogP contribution in [0.15, 0.2) is 24.4 Å². The van der Waals surface area contributed by atoms with E-state index < -0.39 is 11.7 Å². The Bertz CT molecular complexity index is 642. The van der Waals surface area contributed by atoms with Gasteiger partial charge in [0.2, 0.25) is 0 Å². The van der Waals surface area contributed by atoms with Crippen LogP contribution in [0.1, 0.15) is 26.5 Å². The number of aromatic nitrogens is 2. The van der Waals surface area contributed by atoms with Crippen LogP contribution in [0, 0.1) is 12.3 Å². The van der Waals surface area contributed by atoms with E-state index in [-0.39, 0.29) is 0 Å². The first-order chi connectivity index (χ1) is 8.40. The zero-order chi connectivity index (χ0) is 13.3. The predicted octanol–water partition coefficient (Wildman–Crippen LogP) is 2.80. The van der Waals surface area contributed by atoms with Crippen molar-refractivity contribution in [2.24, 2.45) is 0 Å². The molecule has 0 aliphatic heterocycles. The highest BCUT2D eigenvalue weighted by molar-refractivity contribution is 5.87. The molecule has 2 rings (SSSR count). The minimum Gasteiger partial charge on any atom is -0.443 e. The summed E-state index contributed by atoms with van der Waals surface area (Å²) in [6, 6.07) is 5.37. The molecule has 0 aromatic carbocycles. The van der Waals surface area contributed by atoms with Gasteiger partial charge in [-0.25, -0.2) is 14.3 Å². The first-order valence-corrected chi connectivity index (χ1v) is 5.59. The number of rotatable bonds is 0. The van der Waals surface area contributed by atoms with Gasteiger partial charge in [0.05, 0.1) is 0 Å². The largest absolute Gasteiger partial charge is 0.443 e. The Morgan fingerprint density at radius 2 is 2.11 bits per heavy atom. The Labute approximate surface area is 106 Å². The second kappa shape index (κ2) is 4.19. The van der Waals surface area contributed by atoms with Crippen molar-refractivity contribution in [3.05, 3.63) is 30.1 Å². The molecule has 4 nitrogen and oxygen atoms in total. The van der Waals surface area contributed by atoms with Crippen LogP contribution in [0.25, 0.3) is 11.0 Å². The van der Waals surface area contributed by atoms with Crippen LogP contribution < -0.4 is 0 Å². The van der Waals surface area contributed by atoms with Crippen molar-refractivity contribution in [3.63, 3.8) is 0 Å². The molecule has 0 radical (unpaired) electrons.